The van der Waals surface area contributed by atoms with E-state index in [4.69, 9.17) is 0 Å². The van der Waals surface area contributed by atoms with E-state index in [-0.39, 0.29) is 6.15 Å². The van der Waals surface area contributed by atoms with Gasteiger partial charge in [-0.25, -0.2) is 0 Å². The highest BCUT2D eigenvalue weighted by Gasteiger charge is 2.23. The smallest absolute Gasteiger partial charge is 0.223 e. The zero-order valence-electron chi connectivity index (χ0n) is 10.2. The summed E-state index contributed by atoms with van der Waals surface area (Å²) in [6, 6.07) is 0. The highest BCUT2D eigenvalue weighted by molar-refractivity contribution is 5.78. The van der Waals surface area contributed by atoms with Crippen molar-refractivity contribution in [3.8, 4) is 0 Å². The van der Waals surface area contributed by atoms with E-state index in [1.165, 1.54) is 12.8 Å². The number of unbranched alkanes of at least 4 members (excludes halogenated alkanes) is 1. The summed E-state index contributed by atoms with van der Waals surface area (Å²) in [4.78, 5) is 11.7. The first kappa shape index (κ1) is 14.4. The predicted octanol–water partition coefficient (Wildman–Crippen LogP) is 2.89. The zero-order chi connectivity index (χ0) is 10.4. The van der Waals surface area contributed by atoms with Crippen LogP contribution in [0.3, 0.4) is 0 Å². The Morgan fingerprint density at radius 2 is 1.87 bits per heavy atom. The SMILES string of the molecule is CCCCNC(=O)C1CCC(C)CC1.N. The summed E-state index contributed by atoms with van der Waals surface area (Å²) in [6.07, 6.45) is 6.91. The van der Waals surface area contributed by atoms with E-state index in [0.717, 1.165) is 38.1 Å². The largest absolute Gasteiger partial charge is 0.356 e. The molecule has 4 N–H and O–H groups in total. The Morgan fingerprint density at radius 1 is 1.27 bits per heavy atom. The fraction of sp³-hybridized carbons (Fsp3) is 0.917. The molecule has 1 saturated carbocycles. The summed E-state index contributed by atoms with van der Waals surface area (Å²) < 4.78 is 0. The second kappa shape index (κ2) is 7.69. The second-order valence-electron chi connectivity index (χ2n) is 4.60. The van der Waals surface area contributed by atoms with Crippen LogP contribution in [0.1, 0.15) is 52.4 Å². The lowest BCUT2D eigenvalue weighted by atomic mass is 9.82. The van der Waals surface area contributed by atoms with Gasteiger partial charge >= 0.3 is 0 Å². The van der Waals surface area contributed by atoms with E-state index < -0.39 is 0 Å². The topological polar surface area (TPSA) is 64.1 Å². The Hall–Kier alpha value is -0.570. The summed E-state index contributed by atoms with van der Waals surface area (Å²) in [5.41, 5.74) is 0. The Morgan fingerprint density at radius 3 is 2.40 bits per heavy atom. The third kappa shape index (κ3) is 5.17. The van der Waals surface area contributed by atoms with Gasteiger partial charge in [0.1, 0.15) is 0 Å². The molecule has 1 aliphatic carbocycles. The van der Waals surface area contributed by atoms with Gasteiger partial charge in [0.25, 0.3) is 0 Å². The molecule has 1 amide bonds. The zero-order valence-corrected chi connectivity index (χ0v) is 10.2. The molecular weight excluding hydrogens is 188 g/mol. The fourth-order valence-corrected chi connectivity index (χ4v) is 2.05. The minimum absolute atomic E-state index is 0. The van der Waals surface area contributed by atoms with Gasteiger partial charge in [-0.2, -0.15) is 0 Å². The van der Waals surface area contributed by atoms with Crippen LogP contribution >= 0.6 is 0 Å². The molecule has 0 saturated heterocycles. The molecule has 0 heterocycles. The predicted molar refractivity (Wildman–Crippen MR) is 64.1 cm³/mol. The van der Waals surface area contributed by atoms with Crippen LogP contribution in [0, 0.1) is 11.8 Å². The molecule has 1 aliphatic rings. The molecule has 0 radical (unpaired) electrons. The number of carbonyl (C=O) groups is 1. The number of hydrogen-bond donors (Lipinski definition) is 2. The third-order valence-corrected chi connectivity index (χ3v) is 3.22. The number of amides is 1. The summed E-state index contributed by atoms with van der Waals surface area (Å²) in [7, 11) is 0. The number of carbonyl (C=O) groups excluding carboxylic acids is 1. The van der Waals surface area contributed by atoms with Gasteiger partial charge in [0.15, 0.2) is 0 Å². The first-order valence-electron chi connectivity index (χ1n) is 6.01. The second-order valence-corrected chi connectivity index (χ2v) is 4.60. The van der Waals surface area contributed by atoms with Crippen LogP contribution in [0.25, 0.3) is 0 Å². The van der Waals surface area contributed by atoms with Crippen LogP contribution in [-0.4, -0.2) is 12.5 Å². The van der Waals surface area contributed by atoms with Crippen molar-refractivity contribution in [3.63, 3.8) is 0 Å². The molecule has 0 aliphatic heterocycles. The van der Waals surface area contributed by atoms with Gasteiger partial charge in [-0.05, 0) is 38.0 Å². The van der Waals surface area contributed by atoms with Crippen molar-refractivity contribution < 1.29 is 4.79 Å². The normalized spacial score (nSPS) is 25.5. The molecule has 0 atom stereocenters. The number of nitrogens with one attached hydrogen (secondary N) is 1. The van der Waals surface area contributed by atoms with Gasteiger partial charge in [-0.15, -0.1) is 0 Å². The minimum Gasteiger partial charge on any atom is -0.356 e. The van der Waals surface area contributed by atoms with Crippen LogP contribution in [0.15, 0.2) is 0 Å². The van der Waals surface area contributed by atoms with Crippen molar-refractivity contribution in [1.29, 1.82) is 0 Å². The standard InChI is InChI=1S/C12H23NO.H3N/c1-3-4-9-13-12(14)11-7-5-10(2)6-8-11;/h10-11H,3-9H2,1-2H3,(H,13,14);1H3. The molecule has 0 aromatic rings. The van der Waals surface area contributed by atoms with E-state index in [2.05, 4.69) is 19.2 Å². The van der Waals surface area contributed by atoms with Gasteiger partial charge in [0, 0.05) is 12.5 Å². The van der Waals surface area contributed by atoms with Crippen molar-refractivity contribution in [2.45, 2.75) is 52.4 Å². The lowest BCUT2D eigenvalue weighted by molar-refractivity contribution is -0.126. The molecule has 0 unspecified atom stereocenters. The summed E-state index contributed by atoms with van der Waals surface area (Å²) >= 11 is 0. The first-order chi connectivity index (χ1) is 6.74. The number of rotatable bonds is 4. The van der Waals surface area contributed by atoms with E-state index in [0.29, 0.717) is 11.8 Å². The van der Waals surface area contributed by atoms with Crippen LogP contribution in [0.5, 0.6) is 0 Å². The molecule has 0 bridgehead atoms. The van der Waals surface area contributed by atoms with Gasteiger partial charge < -0.3 is 11.5 Å². The van der Waals surface area contributed by atoms with Crippen LogP contribution < -0.4 is 11.5 Å². The third-order valence-electron chi connectivity index (χ3n) is 3.22. The molecule has 3 nitrogen and oxygen atoms in total. The van der Waals surface area contributed by atoms with Crippen LogP contribution in [0.4, 0.5) is 0 Å². The van der Waals surface area contributed by atoms with Crippen molar-refractivity contribution >= 4 is 5.91 Å². The quantitative estimate of drug-likeness (QED) is 0.707. The average Bonchev–Trinajstić information content (AvgIpc) is 2.19. The monoisotopic (exact) mass is 214 g/mol. The maximum absolute atomic E-state index is 11.7. The first-order valence-corrected chi connectivity index (χ1v) is 6.01. The van der Waals surface area contributed by atoms with Crippen LogP contribution in [0.2, 0.25) is 0 Å². The lowest BCUT2D eigenvalue weighted by Crippen LogP contribution is -2.33. The molecule has 0 aromatic carbocycles. The number of hydrogen-bond acceptors (Lipinski definition) is 2. The molecular formula is C12H26N2O. The van der Waals surface area contributed by atoms with Crippen molar-refractivity contribution in [3.05, 3.63) is 0 Å². The maximum atomic E-state index is 11.7. The molecule has 90 valence electrons. The van der Waals surface area contributed by atoms with Crippen molar-refractivity contribution in [1.82, 2.24) is 11.5 Å². The molecule has 3 heteroatoms. The summed E-state index contributed by atoms with van der Waals surface area (Å²) in [5, 5.41) is 3.03. The van der Waals surface area contributed by atoms with E-state index in [1.807, 2.05) is 0 Å². The van der Waals surface area contributed by atoms with Gasteiger partial charge in [0.2, 0.25) is 5.91 Å². The Balaban J connectivity index is 0.00000196. The minimum atomic E-state index is 0. The van der Waals surface area contributed by atoms with Crippen molar-refractivity contribution in [2.24, 2.45) is 11.8 Å². The van der Waals surface area contributed by atoms with Gasteiger partial charge in [0.05, 0.1) is 0 Å². The Labute approximate surface area is 93.6 Å². The van der Waals surface area contributed by atoms with E-state index in [9.17, 15) is 4.79 Å². The van der Waals surface area contributed by atoms with E-state index in [1.54, 1.807) is 0 Å². The average molecular weight is 214 g/mol. The molecule has 0 aromatic heterocycles. The Kier molecular flexibility index (Phi) is 7.39. The van der Waals surface area contributed by atoms with Crippen molar-refractivity contribution in [2.75, 3.05) is 6.54 Å². The summed E-state index contributed by atoms with van der Waals surface area (Å²) in [6.45, 7) is 5.29. The van der Waals surface area contributed by atoms with Crippen LogP contribution in [-0.2, 0) is 4.79 Å². The molecule has 1 fully saturated rings. The van der Waals surface area contributed by atoms with Gasteiger partial charge in [-0.1, -0.05) is 20.3 Å². The van der Waals surface area contributed by atoms with E-state index >= 15 is 0 Å². The Bertz CT molecular complexity index is 174. The fourth-order valence-electron chi connectivity index (χ4n) is 2.05. The summed E-state index contributed by atoms with van der Waals surface area (Å²) in [5.74, 6) is 1.43. The highest BCUT2D eigenvalue weighted by Crippen LogP contribution is 2.28. The highest BCUT2D eigenvalue weighted by atomic mass is 16.1. The molecule has 15 heavy (non-hydrogen) atoms. The lowest BCUT2D eigenvalue weighted by Gasteiger charge is -2.25. The van der Waals surface area contributed by atoms with Gasteiger partial charge in [-0.3, -0.25) is 4.79 Å². The molecule has 1 rings (SSSR count). The molecule has 0 spiro atoms. The maximum Gasteiger partial charge on any atom is 0.223 e.